The van der Waals surface area contributed by atoms with Gasteiger partial charge in [-0.25, -0.2) is 9.59 Å². The van der Waals surface area contributed by atoms with Gasteiger partial charge in [0.25, 0.3) is 0 Å². The van der Waals surface area contributed by atoms with Crippen LogP contribution in [0.4, 0.5) is 0 Å². The molecule has 0 fully saturated rings. The number of halogens is 3. The summed E-state index contributed by atoms with van der Waals surface area (Å²) in [5.41, 5.74) is 1.72. The van der Waals surface area contributed by atoms with Crippen molar-refractivity contribution in [3.63, 3.8) is 0 Å². The van der Waals surface area contributed by atoms with E-state index in [4.69, 9.17) is 5.11 Å². The molecule has 0 heterocycles. The van der Waals surface area contributed by atoms with Gasteiger partial charge < -0.3 is 19.3 Å². The Morgan fingerprint density at radius 2 is 1.04 bits per heavy atom. The molecule has 0 radical (unpaired) electrons. The number of carbonyl (C=O) groups is 8. The molecule has 2 aromatic carbocycles. The fraction of sp³-hybridized carbons (Fsp3) is 0.429. The molecule has 0 aliphatic rings. The van der Waals surface area contributed by atoms with Crippen molar-refractivity contribution in [3.8, 4) is 0 Å². The molecule has 12 nitrogen and oxygen atoms in total. The minimum absolute atomic E-state index is 0.0912. The summed E-state index contributed by atoms with van der Waals surface area (Å²) in [6.07, 6.45) is 0.140. The van der Waals surface area contributed by atoms with Crippen molar-refractivity contribution in [2.45, 2.75) is 67.2 Å². The molecule has 2 rings (SSSR count). The number of aliphatic carboxylic acids is 1. The lowest BCUT2D eigenvalue weighted by atomic mass is 9.91. The van der Waals surface area contributed by atoms with Gasteiger partial charge in [0.1, 0.15) is 5.78 Å². The number of Topliss-reactive ketones (excluding diaryl/α,β-unsaturated/α-hetero) is 3. The van der Waals surface area contributed by atoms with Gasteiger partial charge in [-0.3, -0.25) is 28.8 Å². The van der Waals surface area contributed by atoms with Crippen molar-refractivity contribution in [1.82, 2.24) is 0 Å². The van der Waals surface area contributed by atoms with E-state index in [1.165, 1.54) is 25.2 Å². The average molecular weight is 942 g/mol. The van der Waals surface area contributed by atoms with Crippen LogP contribution in [0.15, 0.2) is 57.5 Å². The highest BCUT2D eigenvalue weighted by atomic mass is 127. The van der Waals surface area contributed by atoms with Crippen LogP contribution in [0, 0.1) is 11.8 Å². The molecule has 276 valence electrons. The Labute approximate surface area is 322 Å². The van der Waals surface area contributed by atoms with Gasteiger partial charge >= 0.3 is 29.8 Å². The summed E-state index contributed by atoms with van der Waals surface area (Å²) in [4.78, 5) is 88.2. The van der Waals surface area contributed by atoms with Crippen LogP contribution in [-0.2, 0) is 65.4 Å². The Morgan fingerprint density at radius 3 is 1.32 bits per heavy atom. The number of carboxylic acids is 1. The topological polar surface area (TPSA) is 184 Å². The highest BCUT2D eigenvalue weighted by molar-refractivity contribution is 14.1. The van der Waals surface area contributed by atoms with Crippen molar-refractivity contribution in [1.29, 1.82) is 0 Å². The summed E-state index contributed by atoms with van der Waals surface area (Å²) in [6.45, 7) is 9.37. The Morgan fingerprint density at radius 1 is 0.680 bits per heavy atom. The number of alkyl halides is 1. The van der Waals surface area contributed by atoms with E-state index in [2.05, 4.69) is 75.6 Å². The van der Waals surface area contributed by atoms with Crippen molar-refractivity contribution in [2.24, 2.45) is 11.8 Å². The first-order valence-corrected chi connectivity index (χ1v) is 18.4. The number of esters is 4. The van der Waals surface area contributed by atoms with E-state index >= 15 is 0 Å². The van der Waals surface area contributed by atoms with E-state index in [1.807, 2.05) is 30.3 Å². The average Bonchev–Trinajstić information content (AvgIpc) is 3.01. The SMILES string of the molecule is CC(=O)OC(C)=O.CCI.CCOC(=O)C(=O)CC(Cc1cccc(Br)c1)C(=O)O.CCOC(=O)C(=O)CC(Cc1cccc(Br)c1)C(C)=O. The van der Waals surface area contributed by atoms with Gasteiger partial charge in [0.05, 0.1) is 19.1 Å². The molecule has 50 heavy (non-hydrogen) atoms. The lowest BCUT2D eigenvalue weighted by molar-refractivity contribution is -0.156. The number of ether oxygens (including phenoxy) is 3. The Hall–Kier alpha value is -3.31. The first kappa shape index (κ1) is 48.8. The molecule has 1 N–H and O–H groups in total. The van der Waals surface area contributed by atoms with Crippen molar-refractivity contribution in [3.05, 3.63) is 68.6 Å². The zero-order valence-corrected chi connectivity index (χ0v) is 34.1. The Balaban J connectivity index is 0. The van der Waals surface area contributed by atoms with Gasteiger partial charge in [-0.05, 0) is 73.4 Å². The third-order valence-electron chi connectivity index (χ3n) is 5.82. The lowest BCUT2D eigenvalue weighted by Crippen LogP contribution is -2.26. The van der Waals surface area contributed by atoms with Crippen LogP contribution in [0.5, 0.6) is 0 Å². The second-order valence-electron chi connectivity index (χ2n) is 10.1. The van der Waals surface area contributed by atoms with Gasteiger partial charge in [0, 0.05) is 41.6 Å². The predicted molar refractivity (Wildman–Crippen MR) is 201 cm³/mol. The van der Waals surface area contributed by atoms with Crippen molar-refractivity contribution < 1.29 is 57.7 Å². The third-order valence-corrected chi connectivity index (χ3v) is 6.81. The van der Waals surface area contributed by atoms with Gasteiger partial charge in [-0.1, -0.05) is 85.6 Å². The highest BCUT2D eigenvalue weighted by Gasteiger charge is 2.26. The first-order valence-electron chi connectivity index (χ1n) is 15.3. The summed E-state index contributed by atoms with van der Waals surface area (Å²) in [5, 5.41) is 9.15. The quantitative estimate of drug-likeness (QED) is 0.0545. The van der Waals surface area contributed by atoms with Crippen LogP contribution >= 0.6 is 54.5 Å². The number of carboxylic acid groups (broad SMARTS) is 1. The summed E-state index contributed by atoms with van der Waals surface area (Å²) in [5.74, 6) is -7.09. The number of rotatable bonds is 14. The van der Waals surface area contributed by atoms with E-state index < -0.39 is 53.2 Å². The Kier molecular flexibility index (Phi) is 27.7. The molecule has 0 saturated carbocycles. The summed E-state index contributed by atoms with van der Waals surface area (Å²) in [6, 6.07) is 14.7. The molecule has 0 spiro atoms. The van der Waals surface area contributed by atoms with Crippen LogP contribution in [0.1, 0.15) is 65.5 Å². The number of benzene rings is 2. The van der Waals surface area contributed by atoms with Gasteiger partial charge in [-0.15, -0.1) is 0 Å². The second-order valence-corrected chi connectivity index (χ2v) is 13.4. The van der Waals surface area contributed by atoms with Crippen molar-refractivity contribution in [2.75, 3.05) is 17.6 Å². The molecule has 0 bridgehead atoms. The predicted octanol–water partition coefficient (Wildman–Crippen LogP) is 6.47. The maximum atomic E-state index is 11.7. The van der Waals surface area contributed by atoms with Crippen LogP contribution < -0.4 is 0 Å². The molecule has 0 saturated heterocycles. The summed E-state index contributed by atoms with van der Waals surface area (Å²) < 4.78 is 16.1. The van der Waals surface area contributed by atoms with E-state index in [0.717, 1.165) is 20.1 Å². The number of carbonyl (C=O) groups excluding carboxylic acids is 7. The molecule has 2 aromatic rings. The zero-order valence-electron chi connectivity index (χ0n) is 28.8. The maximum absolute atomic E-state index is 11.7. The largest absolute Gasteiger partial charge is 0.481 e. The maximum Gasteiger partial charge on any atom is 0.374 e. The van der Waals surface area contributed by atoms with Crippen LogP contribution in [-0.4, -0.2) is 69.9 Å². The molecule has 15 heteroatoms. The molecule has 2 atom stereocenters. The molecular formula is C35H43Br2IO12. The van der Waals surface area contributed by atoms with E-state index in [0.29, 0.717) is 6.42 Å². The zero-order chi connectivity index (χ0) is 38.8. The van der Waals surface area contributed by atoms with Crippen LogP contribution in [0.2, 0.25) is 0 Å². The number of ketones is 3. The van der Waals surface area contributed by atoms with Gasteiger partial charge in [0.2, 0.25) is 11.6 Å². The van der Waals surface area contributed by atoms with Crippen LogP contribution in [0.3, 0.4) is 0 Å². The third kappa shape index (κ3) is 24.8. The number of hydrogen-bond donors (Lipinski definition) is 1. The normalized spacial score (nSPS) is 10.8. The van der Waals surface area contributed by atoms with E-state index in [1.54, 1.807) is 32.0 Å². The molecule has 0 aromatic heterocycles. The lowest BCUT2D eigenvalue weighted by Gasteiger charge is -2.13. The number of hydrogen-bond acceptors (Lipinski definition) is 11. The van der Waals surface area contributed by atoms with E-state index in [-0.39, 0.29) is 38.3 Å². The van der Waals surface area contributed by atoms with Crippen LogP contribution in [0.25, 0.3) is 0 Å². The monoisotopic (exact) mass is 940 g/mol. The van der Waals surface area contributed by atoms with Crippen molar-refractivity contribution >= 4 is 102 Å². The molecule has 2 unspecified atom stereocenters. The first-order chi connectivity index (χ1) is 23.4. The molecular weight excluding hydrogens is 899 g/mol. The fourth-order valence-corrected chi connectivity index (χ4v) is 4.64. The van der Waals surface area contributed by atoms with Gasteiger partial charge in [0.15, 0.2) is 0 Å². The summed E-state index contributed by atoms with van der Waals surface area (Å²) >= 11 is 8.94. The molecule has 0 aliphatic carbocycles. The molecule has 0 amide bonds. The second kappa shape index (κ2) is 28.4. The summed E-state index contributed by atoms with van der Waals surface area (Å²) in [7, 11) is 0. The smallest absolute Gasteiger partial charge is 0.374 e. The minimum Gasteiger partial charge on any atom is -0.481 e. The fourth-order valence-electron chi connectivity index (χ4n) is 3.74. The highest BCUT2D eigenvalue weighted by Crippen LogP contribution is 2.19. The van der Waals surface area contributed by atoms with Gasteiger partial charge in [-0.2, -0.15) is 0 Å². The van der Waals surface area contributed by atoms with E-state index in [9.17, 15) is 38.4 Å². The molecule has 0 aliphatic heterocycles. The standard InChI is InChI=1S/C15H17BrO4.C14H15BrO5.C4H6O3.C2H5I/c1-3-20-15(19)14(18)9-12(10(2)17)7-11-5-4-6-13(16)8-11;1-2-20-14(19)12(16)8-10(13(17)18)6-9-4-3-5-11(15)7-9;1-3(5)7-4(2)6;1-2-3/h4-6,8,12H,3,7,9H2,1-2H3;3-5,7,10H,2,6,8H2,1H3,(H,17,18);1-2H3;2H2,1H3. The minimum atomic E-state index is -1.11. The Bertz CT molecular complexity index is 1340.